The molecule has 0 aromatic heterocycles. The zero-order valence-corrected chi connectivity index (χ0v) is 30.9. The summed E-state index contributed by atoms with van der Waals surface area (Å²) in [6, 6.07) is 2.35. The number of hydrogen-bond acceptors (Lipinski definition) is 5. The Labute approximate surface area is 292 Å². The van der Waals surface area contributed by atoms with E-state index in [-0.39, 0.29) is 40.3 Å². The summed E-state index contributed by atoms with van der Waals surface area (Å²) in [5.41, 5.74) is 8.62. The van der Waals surface area contributed by atoms with Crippen molar-refractivity contribution in [1.82, 2.24) is 0 Å². The van der Waals surface area contributed by atoms with Crippen molar-refractivity contribution in [2.45, 2.75) is 124 Å². The fraction of sp³-hybridized carbons (Fsp3) is 0.591. The molecule has 49 heavy (non-hydrogen) atoms. The molecule has 5 heteroatoms. The van der Waals surface area contributed by atoms with Gasteiger partial charge in [-0.3, -0.25) is 9.59 Å². The van der Waals surface area contributed by atoms with Crippen LogP contribution in [0.1, 0.15) is 139 Å². The molecule has 7 aliphatic rings. The van der Waals surface area contributed by atoms with E-state index in [2.05, 4.69) is 73.3 Å². The first kappa shape index (κ1) is 33.3. The number of ether oxygens (including phenoxy) is 1. The highest BCUT2D eigenvalue weighted by atomic mass is 16.5. The molecule has 1 heterocycles. The van der Waals surface area contributed by atoms with Gasteiger partial charge in [0.05, 0.1) is 29.3 Å². The van der Waals surface area contributed by atoms with Gasteiger partial charge in [0, 0.05) is 22.8 Å². The van der Waals surface area contributed by atoms with Gasteiger partial charge in [0.1, 0.15) is 6.29 Å². The number of aliphatic hydroxyl groups is 2. The molecule has 1 aliphatic heterocycles. The summed E-state index contributed by atoms with van der Waals surface area (Å²) in [5, 5.41) is 23.8. The second-order valence-corrected chi connectivity index (χ2v) is 18.5. The predicted octanol–water partition coefficient (Wildman–Crippen LogP) is 8.86. The van der Waals surface area contributed by atoms with Crippen molar-refractivity contribution in [3.63, 3.8) is 0 Å². The second-order valence-electron chi connectivity index (χ2n) is 18.5. The quantitative estimate of drug-likeness (QED) is 0.146. The van der Waals surface area contributed by atoms with E-state index in [4.69, 9.17) is 4.74 Å². The third-order valence-electron chi connectivity index (χ3n) is 15.1. The van der Waals surface area contributed by atoms with E-state index in [0.717, 1.165) is 65.4 Å². The molecular formula is C44H54O5. The molecule has 260 valence electrons. The number of allylic oxidation sites excluding steroid dienone is 6. The highest BCUT2D eigenvalue weighted by Crippen LogP contribution is 2.78. The molecule has 0 radical (unpaired) electrons. The molecule has 5 nitrogen and oxygen atoms in total. The molecular weight excluding hydrogens is 608 g/mol. The Balaban J connectivity index is 1.33. The van der Waals surface area contributed by atoms with E-state index >= 15 is 0 Å². The van der Waals surface area contributed by atoms with Crippen LogP contribution in [0.5, 0.6) is 0 Å². The topological polar surface area (TPSA) is 83.8 Å². The van der Waals surface area contributed by atoms with Crippen molar-refractivity contribution < 1.29 is 24.5 Å². The molecule has 0 amide bonds. The molecule has 2 saturated carbocycles. The minimum absolute atomic E-state index is 0.0720. The van der Waals surface area contributed by atoms with Gasteiger partial charge in [-0.2, -0.15) is 0 Å². The number of hydrogen-bond donors (Lipinski definition) is 2. The third kappa shape index (κ3) is 3.99. The van der Waals surface area contributed by atoms with Crippen LogP contribution in [0.4, 0.5) is 0 Å². The Morgan fingerprint density at radius 1 is 1.00 bits per heavy atom. The molecule has 2 N–H and O–H groups in total. The maximum atomic E-state index is 14.9. The van der Waals surface area contributed by atoms with E-state index in [9.17, 15) is 19.8 Å². The van der Waals surface area contributed by atoms with Crippen LogP contribution in [0.25, 0.3) is 11.1 Å². The Kier molecular flexibility index (Phi) is 6.89. The number of rotatable bonds is 4. The maximum absolute atomic E-state index is 14.9. The summed E-state index contributed by atoms with van der Waals surface area (Å²) < 4.78 is 6.54. The third-order valence-corrected chi connectivity index (χ3v) is 15.1. The van der Waals surface area contributed by atoms with Gasteiger partial charge in [0.2, 0.25) is 0 Å². The van der Waals surface area contributed by atoms with Crippen molar-refractivity contribution >= 4 is 23.2 Å². The molecule has 0 bridgehead atoms. The van der Waals surface area contributed by atoms with Crippen LogP contribution < -0.4 is 0 Å². The lowest BCUT2D eigenvalue weighted by Crippen LogP contribution is -2.60. The van der Waals surface area contributed by atoms with Gasteiger partial charge in [-0.1, -0.05) is 56.7 Å². The fourth-order valence-electron chi connectivity index (χ4n) is 13.1. The van der Waals surface area contributed by atoms with Crippen molar-refractivity contribution in [3.05, 3.63) is 81.5 Å². The minimum atomic E-state index is -0.819. The number of Topliss-reactive ketones (excluding diaryl/α,β-unsaturated/α-hetero) is 1. The van der Waals surface area contributed by atoms with Gasteiger partial charge < -0.3 is 14.9 Å². The SMILES string of the molecule is C=C(C)[C@H]1C(=O)c2c3c(cc4c2[C@@H](O)C2C4=CC(C)(C)OC2(C)C)C2=C(C31)[C@@]1(C)C(CC[C@H]3[C@](C)(/C=C/C=C(\C)C=O)[C@@H](O)CC[C@@]31C)C2. The Morgan fingerprint density at radius 3 is 2.39 bits per heavy atom. The summed E-state index contributed by atoms with van der Waals surface area (Å²) in [4.78, 5) is 26.2. The zero-order chi connectivity index (χ0) is 35.4. The minimum Gasteiger partial charge on any atom is -0.392 e. The molecule has 1 aromatic carbocycles. The average Bonchev–Trinajstić information content (AvgIpc) is 3.67. The number of fused-ring (bicyclic) bond motifs is 10. The summed E-state index contributed by atoms with van der Waals surface area (Å²) in [6.45, 7) is 23.8. The van der Waals surface area contributed by atoms with Crippen LogP contribution in [0.3, 0.4) is 0 Å². The summed E-state index contributed by atoms with van der Waals surface area (Å²) >= 11 is 0. The standard InChI is InChI=1S/C44H54O5/c1-22(2)31-34-32-25(19-26-28-20-40(4,5)49-41(6,7)37(28)39(48)33(26)35(32)38(31)47)27-18-24-13-14-29-42(8,16-11-12-23(3)21-45)30(46)15-17-43(29,9)44(24,10)36(27)34/h11-12,16,19-21,24,29-31,34,37,39,46,48H,1,13-15,17-18H2,2-10H3/b16-11+,23-12+/t24?,29-,30-,31+,34?,37?,39+,42-,43-,44+/m0/s1. The van der Waals surface area contributed by atoms with Gasteiger partial charge in [-0.05, 0) is 147 Å². The molecule has 2 fully saturated rings. The number of aliphatic hydroxyl groups excluding tert-OH is 2. The zero-order valence-electron chi connectivity index (χ0n) is 30.9. The van der Waals surface area contributed by atoms with E-state index in [1.165, 1.54) is 16.7 Å². The summed E-state index contributed by atoms with van der Waals surface area (Å²) in [6.07, 6.45) is 12.5. The molecule has 10 atom stereocenters. The average molecular weight is 663 g/mol. The van der Waals surface area contributed by atoms with Gasteiger partial charge >= 0.3 is 0 Å². The van der Waals surface area contributed by atoms with Crippen LogP contribution in [0.15, 0.2) is 53.7 Å². The Bertz CT molecular complexity index is 1870. The van der Waals surface area contributed by atoms with Crippen LogP contribution in [0, 0.1) is 39.9 Å². The van der Waals surface area contributed by atoms with Crippen LogP contribution in [0.2, 0.25) is 0 Å². The number of carbonyl (C=O) groups excluding carboxylic acids is 2. The lowest BCUT2D eigenvalue weighted by molar-refractivity contribution is -0.161. The first-order valence-electron chi connectivity index (χ1n) is 18.6. The number of ketones is 1. The lowest BCUT2D eigenvalue weighted by atomic mass is 9.39. The predicted molar refractivity (Wildman–Crippen MR) is 194 cm³/mol. The smallest absolute Gasteiger partial charge is 0.171 e. The van der Waals surface area contributed by atoms with E-state index in [1.807, 2.05) is 26.0 Å². The maximum Gasteiger partial charge on any atom is 0.171 e. The number of aldehydes is 1. The monoisotopic (exact) mass is 662 g/mol. The van der Waals surface area contributed by atoms with Crippen LogP contribution in [-0.2, 0) is 9.53 Å². The normalized spacial score (nSPS) is 42.3. The van der Waals surface area contributed by atoms with Crippen LogP contribution in [-0.4, -0.2) is 39.6 Å². The molecule has 0 saturated heterocycles. The highest BCUT2D eigenvalue weighted by Gasteiger charge is 2.70. The van der Waals surface area contributed by atoms with Crippen molar-refractivity contribution in [3.8, 4) is 0 Å². The van der Waals surface area contributed by atoms with Crippen molar-refractivity contribution in [1.29, 1.82) is 0 Å². The molecule has 1 aromatic rings. The highest BCUT2D eigenvalue weighted by molar-refractivity contribution is 6.12. The summed E-state index contributed by atoms with van der Waals surface area (Å²) in [5.74, 6) is 0.120. The first-order chi connectivity index (χ1) is 22.8. The van der Waals surface area contributed by atoms with Gasteiger partial charge in [-0.15, -0.1) is 0 Å². The van der Waals surface area contributed by atoms with E-state index in [0.29, 0.717) is 17.9 Å². The number of carbonyl (C=O) groups is 2. The molecule has 6 aliphatic carbocycles. The summed E-state index contributed by atoms with van der Waals surface area (Å²) in [7, 11) is 0. The van der Waals surface area contributed by atoms with Gasteiger partial charge in [0.25, 0.3) is 0 Å². The van der Waals surface area contributed by atoms with Gasteiger partial charge in [-0.25, -0.2) is 0 Å². The van der Waals surface area contributed by atoms with Crippen molar-refractivity contribution in [2.24, 2.45) is 39.9 Å². The first-order valence-corrected chi connectivity index (χ1v) is 18.6. The molecule has 3 unspecified atom stereocenters. The lowest BCUT2D eigenvalue weighted by Gasteiger charge is -2.65. The Hall–Kier alpha value is -2.86. The van der Waals surface area contributed by atoms with E-state index < -0.39 is 28.8 Å². The fourth-order valence-corrected chi connectivity index (χ4v) is 13.1. The van der Waals surface area contributed by atoms with Crippen molar-refractivity contribution in [2.75, 3.05) is 0 Å². The number of benzene rings is 1. The van der Waals surface area contributed by atoms with E-state index in [1.54, 1.807) is 0 Å². The molecule has 8 rings (SSSR count). The van der Waals surface area contributed by atoms with Crippen LogP contribution >= 0.6 is 0 Å². The van der Waals surface area contributed by atoms with Gasteiger partial charge in [0.15, 0.2) is 5.78 Å². The second kappa shape index (κ2) is 10.1. The molecule has 0 spiro atoms. The Morgan fingerprint density at radius 2 is 1.71 bits per heavy atom. The largest absolute Gasteiger partial charge is 0.392 e.